The van der Waals surface area contributed by atoms with Crippen LogP contribution in [0.4, 0.5) is 0 Å². The van der Waals surface area contributed by atoms with Gasteiger partial charge < -0.3 is 19.4 Å². The zero-order valence-electron chi connectivity index (χ0n) is 21.2. The van der Waals surface area contributed by atoms with Crippen molar-refractivity contribution in [3.63, 3.8) is 0 Å². The van der Waals surface area contributed by atoms with Crippen LogP contribution in [0.15, 0.2) is 72.8 Å². The average Bonchev–Trinajstić information content (AvgIpc) is 3.24. The van der Waals surface area contributed by atoms with Crippen molar-refractivity contribution in [2.45, 2.75) is 46.1 Å². The van der Waals surface area contributed by atoms with Gasteiger partial charge in [0.25, 0.3) is 5.91 Å². The average molecular weight is 486 g/mol. The molecule has 4 aromatic rings. The van der Waals surface area contributed by atoms with E-state index >= 15 is 0 Å². The number of hydrogen-bond donors (Lipinski definition) is 1. The predicted octanol–water partition coefficient (Wildman–Crippen LogP) is 5.64. The number of para-hydroxylation sites is 4. The van der Waals surface area contributed by atoms with Gasteiger partial charge in [-0.1, -0.05) is 55.0 Å². The highest BCUT2D eigenvalue weighted by atomic mass is 16.5. The molecule has 0 fully saturated rings. The summed E-state index contributed by atoms with van der Waals surface area (Å²) in [5, 5.41) is 2.94. The van der Waals surface area contributed by atoms with Crippen molar-refractivity contribution in [2.24, 2.45) is 0 Å². The van der Waals surface area contributed by atoms with Crippen LogP contribution >= 0.6 is 0 Å². The second kappa shape index (κ2) is 12.8. The summed E-state index contributed by atoms with van der Waals surface area (Å²) in [5.74, 6) is 2.67. The third kappa shape index (κ3) is 6.87. The van der Waals surface area contributed by atoms with Crippen molar-refractivity contribution >= 4 is 16.9 Å². The summed E-state index contributed by atoms with van der Waals surface area (Å²) in [7, 11) is 0. The SMILES string of the molecule is Cc1cccc(C)c1OCCn1c(CCCCCNC(=O)COc2ccccc2)nc2ccccc21. The van der Waals surface area contributed by atoms with Crippen LogP contribution < -0.4 is 14.8 Å². The Morgan fingerprint density at radius 3 is 2.42 bits per heavy atom. The Labute approximate surface area is 213 Å². The Morgan fingerprint density at radius 1 is 0.861 bits per heavy atom. The molecule has 1 amide bonds. The predicted molar refractivity (Wildman–Crippen MR) is 144 cm³/mol. The molecule has 0 aliphatic carbocycles. The first kappa shape index (κ1) is 25.3. The van der Waals surface area contributed by atoms with Crippen molar-refractivity contribution in [3.05, 3.63) is 89.7 Å². The Balaban J connectivity index is 1.23. The molecule has 0 saturated carbocycles. The van der Waals surface area contributed by atoms with E-state index in [2.05, 4.69) is 60.1 Å². The van der Waals surface area contributed by atoms with Crippen LogP contribution in [0.5, 0.6) is 11.5 Å². The van der Waals surface area contributed by atoms with E-state index in [0.717, 1.165) is 66.0 Å². The van der Waals surface area contributed by atoms with Crippen molar-refractivity contribution in [2.75, 3.05) is 19.8 Å². The molecule has 1 heterocycles. The third-order valence-electron chi connectivity index (χ3n) is 6.22. The molecule has 6 nitrogen and oxygen atoms in total. The fourth-order valence-corrected chi connectivity index (χ4v) is 4.36. The number of carbonyl (C=O) groups excluding carboxylic acids is 1. The standard InChI is InChI=1S/C30H35N3O3/c1-23-12-11-13-24(2)30(23)35-21-20-33-27-17-9-8-16-26(27)32-28(33)18-7-4-10-19-31-29(34)22-36-25-14-5-3-6-15-25/h3,5-6,8-9,11-17H,4,7,10,18-22H2,1-2H3,(H,31,34). The van der Waals surface area contributed by atoms with Crippen LogP contribution in [0.25, 0.3) is 11.0 Å². The summed E-state index contributed by atoms with van der Waals surface area (Å²) in [6.45, 7) is 6.20. The highest BCUT2D eigenvalue weighted by Gasteiger charge is 2.11. The summed E-state index contributed by atoms with van der Waals surface area (Å²) < 4.78 is 13.9. The Morgan fingerprint density at radius 2 is 1.61 bits per heavy atom. The molecule has 0 saturated heterocycles. The molecule has 1 N–H and O–H groups in total. The molecule has 188 valence electrons. The summed E-state index contributed by atoms with van der Waals surface area (Å²) in [6.07, 6.45) is 3.84. The summed E-state index contributed by atoms with van der Waals surface area (Å²) in [4.78, 5) is 16.9. The quantitative estimate of drug-likeness (QED) is 0.249. The van der Waals surface area contributed by atoms with E-state index in [4.69, 9.17) is 14.5 Å². The molecule has 1 aromatic heterocycles. The van der Waals surface area contributed by atoms with Gasteiger partial charge in [0.05, 0.1) is 17.6 Å². The van der Waals surface area contributed by atoms with Crippen LogP contribution in [-0.4, -0.2) is 35.2 Å². The summed E-state index contributed by atoms with van der Waals surface area (Å²) >= 11 is 0. The monoisotopic (exact) mass is 485 g/mol. The van der Waals surface area contributed by atoms with Gasteiger partial charge in [-0.2, -0.15) is 0 Å². The van der Waals surface area contributed by atoms with Gasteiger partial charge in [-0.25, -0.2) is 4.98 Å². The van der Waals surface area contributed by atoms with Gasteiger partial charge >= 0.3 is 0 Å². The summed E-state index contributed by atoms with van der Waals surface area (Å²) in [6, 6.07) is 23.9. The lowest BCUT2D eigenvalue weighted by atomic mass is 10.1. The topological polar surface area (TPSA) is 65.4 Å². The van der Waals surface area contributed by atoms with Gasteiger partial charge in [-0.3, -0.25) is 4.79 Å². The minimum atomic E-state index is -0.0930. The van der Waals surface area contributed by atoms with Crippen LogP contribution in [0.3, 0.4) is 0 Å². The Kier molecular flexibility index (Phi) is 8.98. The minimum Gasteiger partial charge on any atom is -0.491 e. The number of fused-ring (bicyclic) bond motifs is 1. The maximum absolute atomic E-state index is 12.0. The zero-order chi connectivity index (χ0) is 25.2. The van der Waals surface area contributed by atoms with Gasteiger partial charge in [0.15, 0.2) is 6.61 Å². The lowest BCUT2D eigenvalue weighted by molar-refractivity contribution is -0.123. The van der Waals surface area contributed by atoms with E-state index in [-0.39, 0.29) is 12.5 Å². The molecule has 4 rings (SSSR count). The van der Waals surface area contributed by atoms with Crippen molar-refractivity contribution in [1.82, 2.24) is 14.9 Å². The van der Waals surface area contributed by atoms with Gasteiger partial charge in [0.1, 0.15) is 23.9 Å². The highest BCUT2D eigenvalue weighted by molar-refractivity contribution is 5.77. The first-order valence-electron chi connectivity index (χ1n) is 12.7. The number of nitrogens with one attached hydrogen (secondary N) is 1. The number of aryl methyl sites for hydroxylation is 3. The van der Waals surface area contributed by atoms with Crippen LogP contribution in [0, 0.1) is 13.8 Å². The molecule has 0 atom stereocenters. The Bertz CT molecular complexity index is 1250. The maximum Gasteiger partial charge on any atom is 0.257 e. The highest BCUT2D eigenvalue weighted by Crippen LogP contribution is 2.23. The van der Waals surface area contributed by atoms with Crippen molar-refractivity contribution < 1.29 is 14.3 Å². The second-order valence-corrected chi connectivity index (χ2v) is 9.00. The lowest BCUT2D eigenvalue weighted by Crippen LogP contribution is -2.29. The van der Waals surface area contributed by atoms with E-state index in [1.807, 2.05) is 36.4 Å². The van der Waals surface area contributed by atoms with Crippen LogP contribution in [0.1, 0.15) is 36.2 Å². The van der Waals surface area contributed by atoms with E-state index in [1.54, 1.807) is 0 Å². The van der Waals surface area contributed by atoms with E-state index < -0.39 is 0 Å². The molecule has 0 bridgehead atoms. The second-order valence-electron chi connectivity index (χ2n) is 9.00. The first-order chi connectivity index (χ1) is 17.6. The molecule has 0 radical (unpaired) electrons. The number of ether oxygens (including phenoxy) is 2. The molecule has 36 heavy (non-hydrogen) atoms. The number of nitrogens with zero attached hydrogens (tertiary/aromatic N) is 2. The zero-order valence-corrected chi connectivity index (χ0v) is 21.2. The molecule has 0 aliphatic heterocycles. The molecular formula is C30H35N3O3. The van der Waals surface area contributed by atoms with Crippen LogP contribution in [0.2, 0.25) is 0 Å². The number of rotatable bonds is 13. The largest absolute Gasteiger partial charge is 0.491 e. The van der Waals surface area contributed by atoms with Gasteiger partial charge in [0, 0.05) is 13.0 Å². The maximum atomic E-state index is 12.0. The minimum absolute atomic E-state index is 0.0398. The van der Waals surface area contributed by atoms with Crippen LogP contribution in [-0.2, 0) is 17.8 Å². The smallest absolute Gasteiger partial charge is 0.257 e. The lowest BCUT2D eigenvalue weighted by Gasteiger charge is -2.14. The van der Waals surface area contributed by atoms with Gasteiger partial charge in [-0.05, 0) is 62.1 Å². The molecule has 0 aliphatic rings. The fraction of sp³-hybridized carbons (Fsp3) is 0.333. The molecule has 3 aromatic carbocycles. The number of hydrogen-bond acceptors (Lipinski definition) is 4. The normalized spacial score (nSPS) is 10.9. The number of imidazole rings is 1. The number of amides is 1. The fourth-order valence-electron chi connectivity index (χ4n) is 4.36. The number of benzene rings is 3. The summed E-state index contributed by atoms with van der Waals surface area (Å²) in [5.41, 5.74) is 4.47. The first-order valence-corrected chi connectivity index (χ1v) is 12.7. The van der Waals surface area contributed by atoms with Crippen molar-refractivity contribution in [1.29, 1.82) is 0 Å². The van der Waals surface area contributed by atoms with Crippen molar-refractivity contribution in [3.8, 4) is 11.5 Å². The van der Waals surface area contributed by atoms with Gasteiger partial charge in [0.2, 0.25) is 0 Å². The van der Waals surface area contributed by atoms with E-state index in [0.29, 0.717) is 18.9 Å². The number of carbonyl (C=O) groups is 1. The molecule has 0 unspecified atom stereocenters. The Hall–Kier alpha value is -3.80. The van der Waals surface area contributed by atoms with Gasteiger partial charge in [-0.15, -0.1) is 0 Å². The van der Waals surface area contributed by atoms with E-state index in [9.17, 15) is 4.79 Å². The van der Waals surface area contributed by atoms with E-state index in [1.165, 1.54) is 0 Å². The molecular weight excluding hydrogens is 450 g/mol. The third-order valence-corrected chi connectivity index (χ3v) is 6.22. The number of unbranched alkanes of at least 4 members (excludes halogenated alkanes) is 2. The molecule has 0 spiro atoms. The number of aromatic nitrogens is 2. The molecule has 6 heteroatoms.